The van der Waals surface area contributed by atoms with Crippen molar-refractivity contribution in [2.75, 3.05) is 26.2 Å². The van der Waals surface area contributed by atoms with E-state index in [9.17, 15) is 9.59 Å². The molecule has 1 aliphatic heterocycles. The number of carbonyl (C=O) groups excluding carboxylic acids is 2. The minimum absolute atomic E-state index is 0.0635. The van der Waals surface area contributed by atoms with Crippen molar-refractivity contribution in [2.24, 2.45) is 11.8 Å². The summed E-state index contributed by atoms with van der Waals surface area (Å²) in [5.41, 5.74) is 0. The third kappa shape index (κ3) is 6.08. The lowest BCUT2D eigenvalue weighted by Crippen LogP contribution is -2.44. The van der Waals surface area contributed by atoms with E-state index in [2.05, 4.69) is 17.6 Å². The van der Waals surface area contributed by atoms with Crippen LogP contribution in [0.4, 0.5) is 0 Å². The van der Waals surface area contributed by atoms with Crippen LogP contribution in [-0.4, -0.2) is 48.9 Å². The molecule has 0 aromatic carbocycles. The van der Waals surface area contributed by atoms with Gasteiger partial charge in [-0.1, -0.05) is 26.2 Å². The molecule has 2 rings (SSSR count). The first-order chi connectivity index (χ1) is 11.6. The number of nitrogens with one attached hydrogen (secondary N) is 2. The molecule has 0 aromatic rings. The normalized spacial score (nSPS) is 21.5. The highest BCUT2D eigenvalue weighted by molar-refractivity contribution is 5.81. The van der Waals surface area contributed by atoms with Gasteiger partial charge in [0.15, 0.2) is 0 Å². The van der Waals surface area contributed by atoms with Crippen molar-refractivity contribution >= 4 is 11.8 Å². The van der Waals surface area contributed by atoms with Gasteiger partial charge in [-0.2, -0.15) is 0 Å². The predicted molar refractivity (Wildman–Crippen MR) is 96.6 cm³/mol. The second-order valence-electron chi connectivity index (χ2n) is 7.58. The van der Waals surface area contributed by atoms with E-state index in [1.165, 1.54) is 6.42 Å². The van der Waals surface area contributed by atoms with Crippen molar-refractivity contribution < 1.29 is 9.59 Å². The fourth-order valence-electron chi connectivity index (χ4n) is 3.90. The van der Waals surface area contributed by atoms with Crippen LogP contribution in [0.1, 0.15) is 65.2 Å². The van der Waals surface area contributed by atoms with Crippen LogP contribution in [0.25, 0.3) is 0 Å². The van der Waals surface area contributed by atoms with Crippen LogP contribution in [0.15, 0.2) is 0 Å². The molecule has 2 aliphatic rings. The van der Waals surface area contributed by atoms with Crippen LogP contribution in [0.5, 0.6) is 0 Å². The SMILES string of the molecule is CCNCC1CCN(C(=O)CC(C)NC(=O)C2CCCCC2)CC1. The molecule has 0 aromatic heterocycles. The van der Waals surface area contributed by atoms with E-state index in [1.807, 2.05) is 11.8 Å². The largest absolute Gasteiger partial charge is 0.353 e. The van der Waals surface area contributed by atoms with Gasteiger partial charge in [-0.05, 0) is 51.6 Å². The van der Waals surface area contributed by atoms with Gasteiger partial charge >= 0.3 is 0 Å². The summed E-state index contributed by atoms with van der Waals surface area (Å²) >= 11 is 0. The van der Waals surface area contributed by atoms with Gasteiger partial charge in [0.2, 0.25) is 11.8 Å². The number of likely N-dealkylation sites (tertiary alicyclic amines) is 1. The van der Waals surface area contributed by atoms with Gasteiger partial charge < -0.3 is 15.5 Å². The molecule has 1 atom stereocenters. The third-order valence-corrected chi connectivity index (χ3v) is 5.50. The molecule has 0 radical (unpaired) electrons. The molecule has 2 fully saturated rings. The lowest BCUT2D eigenvalue weighted by atomic mass is 9.88. The monoisotopic (exact) mass is 337 g/mol. The van der Waals surface area contributed by atoms with Gasteiger partial charge in [0, 0.05) is 31.5 Å². The lowest BCUT2D eigenvalue weighted by molar-refractivity contribution is -0.133. The Labute approximate surface area is 146 Å². The zero-order valence-electron chi connectivity index (χ0n) is 15.5. The maximum Gasteiger partial charge on any atom is 0.224 e. The molecule has 1 saturated heterocycles. The highest BCUT2D eigenvalue weighted by atomic mass is 16.2. The smallest absolute Gasteiger partial charge is 0.224 e. The predicted octanol–water partition coefficient (Wildman–Crippen LogP) is 2.31. The number of piperidine rings is 1. The first-order valence-electron chi connectivity index (χ1n) is 9.89. The number of hydrogen-bond acceptors (Lipinski definition) is 3. The summed E-state index contributed by atoms with van der Waals surface area (Å²) in [6.07, 6.45) is 8.18. The van der Waals surface area contributed by atoms with Crippen molar-refractivity contribution in [3.05, 3.63) is 0 Å². The lowest BCUT2D eigenvalue weighted by Gasteiger charge is -2.33. The molecule has 5 heteroatoms. The topological polar surface area (TPSA) is 61.4 Å². The molecular weight excluding hydrogens is 302 g/mol. The summed E-state index contributed by atoms with van der Waals surface area (Å²) in [5.74, 6) is 1.20. The van der Waals surface area contributed by atoms with Gasteiger partial charge in [0.1, 0.15) is 0 Å². The summed E-state index contributed by atoms with van der Waals surface area (Å²) in [6.45, 7) is 7.87. The zero-order chi connectivity index (χ0) is 17.4. The fraction of sp³-hybridized carbons (Fsp3) is 0.895. The molecule has 0 bridgehead atoms. The van der Waals surface area contributed by atoms with Crippen LogP contribution in [0.3, 0.4) is 0 Å². The molecule has 1 heterocycles. The van der Waals surface area contributed by atoms with Crippen molar-refractivity contribution in [1.29, 1.82) is 0 Å². The van der Waals surface area contributed by atoms with Gasteiger partial charge in [-0.25, -0.2) is 0 Å². The Hall–Kier alpha value is -1.10. The summed E-state index contributed by atoms with van der Waals surface area (Å²) in [4.78, 5) is 26.7. The second-order valence-corrected chi connectivity index (χ2v) is 7.58. The quantitative estimate of drug-likeness (QED) is 0.749. The van der Waals surface area contributed by atoms with Gasteiger partial charge in [0.05, 0.1) is 0 Å². The Kier molecular flexibility index (Phi) is 8.03. The fourth-order valence-corrected chi connectivity index (χ4v) is 3.90. The number of hydrogen-bond donors (Lipinski definition) is 2. The van der Waals surface area contributed by atoms with E-state index >= 15 is 0 Å². The molecule has 24 heavy (non-hydrogen) atoms. The molecule has 138 valence electrons. The van der Waals surface area contributed by atoms with Gasteiger partial charge in [-0.3, -0.25) is 9.59 Å². The highest BCUT2D eigenvalue weighted by Crippen LogP contribution is 2.24. The average molecular weight is 338 g/mol. The molecule has 1 saturated carbocycles. The Morgan fingerprint density at radius 1 is 1.08 bits per heavy atom. The van der Waals surface area contributed by atoms with E-state index in [4.69, 9.17) is 0 Å². The molecule has 2 amide bonds. The van der Waals surface area contributed by atoms with Crippen molar-refractivity contribution in [2.45, 2.75) is 71.3 Å². The van der Waals surface area contributed by atoms with E-state index < -0.39 is 0 Å². The van der Waals surface area contributed by atoms with Crippen LogP contribution in [-0.2, 0) is 9.59 Å². The standard InChI is InChI=1S/C19H35N3O2/c1-3-20-14-16-9-11-22(12-10-16)18(23)13-15(2)21-19(24)17-7-5-4-6-8-17/h15-17,20H,3-14H2,1-2H3,(H,21,24). The Balaban J connectivity index is 1.67. The maximum absolute atomic E-state index is 12.4. The first kappa shape index (κ1) is 19.2. The van der Waals surface area contributed by atoms with E-state index in [0.717, 1.165) is 64.7 Å². The zero-order valence-corrected chi connectivity index (χ0v) is 15.5. The molecule has 5 nitrogen and oxygen atoms in total. The molecule has 2 N–H and O–H groups in total. The summed E-state index contributed by atoms with van der Waals surface area (Å²) in [7, 11) is 0. The van der Waals surface area contributed by atoms with Crippen LogP contribution >= 0.6 is 0 Å². The second kappa shape index (κ2) is 10.0. The van der Waals surface area contributed by atoms with Crippen LogP contribution < -0.4 is 10.6 Å². The minimum atomic E-state index is -0.0635. The van der Waals surface area contributed by atoms with Crippen molar-refractivity contribution in [3.8, 4) is 0 Å². The van der Waals surface area contributed by atoms with E-state index in [1.54, 1.807) is 0 Å². The van der Waals surface area contributed by atoms with Crippen LogP contribution in [0, 0.1) is 11.8 Å². The number of carbonyl (C=O) groups is 2. The highest BCUT2D eigenvalue weighted by Gasteiger charge is 2.26. The van der Waals surface area contributed by atoms with Crippen molar-refractivity contribution in [1.82, 2.24) is 15.5 Å². The maximum atomic E-state index is 12.4. The summed E-state index contributed by atoms with van der Waals surface area (Å²) in [5, 5.41) is 6.46. The molecule has 1 unspecified atom stereocenters. The van der Waals surface area contributed by atoms with E-state index in [-0.39, 0.29) is 23.8 Å². The molecule has 1 aliphatic carbocycles. The van der Waals surface area contributed by atoms with Gasteiger partial charge in [0.25, 0.3) is 0 Å². The summed E-state index contributed by atoms with van der Waals surface area (Å²) < 4.78 is 0. The minimum Gasteiger partial charge on any atom is -0.353 e. The Bertz CT molecular complexity index is 399. The average Bonchev–Trinajstić information content (AvgIpc) is 2.61. The summed E-state index contributed by atoms with van der Waals surface area (Å²) in [6, 6.07) is -0.0635. The first-order valence-corrected chi connectivity index (χ1v) is 9.89. The number of amides is 2. The van der Waals surface area contributed by atoms with Crippen LogP contribution in [0.2, 0.25) is 0 Å². The van der Waals surface area contributed by atoms with Crippen molar-refractivity contribution in [3.63, 3.8) is 0 Å². The number of rotatable bonds is 7. The molecule has 0 spiro atoms. The third-order valence-electron chi connectivity index (χ3n) is 5.50. The van der Waals surface area contributed by atoms with E-state index in [0.29, 0.717) is 12.3 Å². The molecular formula is C19H35N3O2. The van der Waals surface area contributed by atoms with Gasteiger partial charge in [-0.15, -0.1) is 0 Å². The Morgan fingerprint density at radius 2 is 1.75 bits per heavy atom. The number of nitrogens with zero attached hydrogens (tertiary/aromatic N) is 1. The Morgan fingerprint density at radius 3 is 2.38 bits per heavy atom.